The third kappa shape index (κ3) is 7.65. The minimum absolute atomic E-state index is 0.0824. The van der Waals surface area contributed by atoms with Crippen molar-refractivity contribution >= 4 is 11.6 Å². The van der Waals surface area contributed by atoms with Gasteiger partial charge in [0, 0.05) is 32.9 Å². The molecule has 1 unspecified atom stereocenters. The molecule has 2 N–H and O–H groups in total. The van der Waals surface area contributed by atoms with Gasteiger partial charge in [0.1, 0.15) is 0 Å². The first kappa shape index (κ1) is 28.4. The predicted molar refractivity (Wildman–Crippen MR) is 142 cm³/mol. The predicted octanol–water partition coefficient (Wildman–Crippen LogP) is 4.06. The summed E-state index contributed by atoms with van der Waals surface area (Å²) in [5.41, 5.74) is 2.62. The number of allylic oxidation sites excluding steroid dienone is 2. The molecule has 0 aromatic heterocycles. The van der Waals surface area contributed by atoms with Gasteiger partial charge in [0.2, 0.25) is 0 Å². The average molecular weight is 500 g/mol. The number of aliphatic hydroxyl groups is 1. The van der Waals surface area contributed by atoms with E-state index >= 15 is 0 Å². The number of methoxy groups -OCH3 is 1. The monoisotopic (exact) mass is 499 g/mol. The Kier molecular flexibility index (Phi) is 10.1. The normalized spacial score (nSPS) is 34.2. The molecule has 2 heterocycles. The van der Waals surface area contributed by atoms with Gasteiger partial charge in [-0.2, -0.15) is 0 Å². The van der Waals surface area contributed by atoms with E-state index < -0.39 is 5.79 Å². The van der Waals surface area contributed by atoms with Gasteiger partial charge in [-0.1, -0.05) is 42.9 Å². The Labute approximate surface area is 216 Å². The van der Waals surface area contributed by atoms with Crippen LogP contribution in [0, 0.1) is 11.8 Å². The molecule has 3 rings (SSSR count). The molecular formula is C29H43N2O5-. The molecule has 2 fully saturated rings. The van der Waals surface area contributed by atoms with Gasteiger partial charge in [0.15, 0.2) is 5.79 Å². The third-order valence-corrected chi connectivity index (χ3v) is 7.42. The van der Waals surface area contributed by atoms with Crippen LogP contribution in [-0.2, 0) is 14.2 Å². The summed E-state index contributed by atoms with van der Waals surface area (Å²) in [6, 6.07) is 7.26. The highest BCUT2D eigenvalue weighted by atomic mass is 16.7. The van der Waals surface area contributed by atoms with E-state index in [-0.39, 0.29) is 48.7 Å². The zero-order valence-corrected chi connectivity index (χ0v) is 22.6. The lowest BCUT2D eigenvalue weighted by molar-refractivity contribution is -0.260. The summed E-state index contributed by atoms with van der Waals surface area (Å²) in [7, 11) is 3.48. The second kappa shape index (κ2) is 12.9. The van der Waals surface area contributed by atoms with Crippen molar-refractivity contribution in [1.82, 2.24) is 0 Å². The standard InChI is InChI=1S/C29H44N2O5/c1-19(10-12-25-15-22(18-32)17-29(4,34-6)36-25)11-13-27-20(2)14-26(21(3)35-27)31-28(33)23-8-7-9-24(16-23)30-5/h7-12,16,20-22,25-27,30,32H,13-15,17-18H2,1-6H3,(H,31,33)/p-1/b12-10+,19-11+/t20-,21+,22?,25+,26+,27-,29+/m0/s1. The van der Waals surface area contributed by atoms with Crippen molar-refractivity contribution in [2.45, 2.75) is 83.5 Å². The lowest BCUT2D eigenvalue weighted by Gasteiger charge is -2.40. The fraction of sp³-hybridized carbons (Fsp3) is 0.621. The Bertz CT molecular complexity index is 945. The number of anilines is 1. The number of nitrogens with zero attached hydrogens (tertiary/aromatic N) is 1. The van der Waals surface area contributed by atoms with Crippen LogP contribution in [-0.4, -0.2) is 61.9 Å². The number of rotatable bonds is 9. The van der Waals surface area contributed by atoms with Crippen molar-refractivity contribution in [3.8, 4) is 0 Å². The summed E-state index contributed by atoms with van der Waals surface area (Å²) < 4.78 is 18.0. The topological polar surface area (TPSA) is 95.4 Å². The van der Waals surface area contributed by atoms with Gasteiger partial charge < -0.3 is 29.7 Å². The molecule has 0 bridgehead atoms. The Morgan fingerprint density at radius 1 is 1.33 bits per heavy atom. The molecule has 1 aromatic rings. The number of ether oxygens (including phenoxy) is 3. The van der Waals surface area contributed by atoms with Crippen LogP contribution in [0.25, 0.3) is 0 Å². The van der Waals surface area contributed by atoms with Crippen LogP contribution in [0.5, 0.6) is 0 Å². The van der Waals surface area contributed by atoms with E-state index in [1.54, 1.807) is 13.2 Å². The summed E-state index contributed by atoms with van der Waals surface area (Å²) in [4.78, 5) is 4.50. The lowest BCUT2D eigenvalue weighted by atomic mass is 9.88. The number of benzene rings is 1. The zero-order valence-electron chi connectivity index (χ0n) is 22.6. The zero-order chi connectivity index (χ0) is 26.3. The van der Waals surface area contributed by atoms with Crippen molar-refractivity contribution in [3.63, 3.8) is 0 Å². The number of hydrogen-bond acceptors (Lipinski definition) is 7. The van der Waals surface area contributed by atoms with Crippen molar-refractivity contribution < 1.29 is 24.4 Å². The third-order valence-electron chi connectivity index (χ3n) is 7.42. The van der Waals surface area contributed by atoms with Crippen molar-refractivity contribution in [1.29, 1.82) is 0 Å². The van der Waals surface area contributed by atoms with Gasteiger partial charge >= 0.3 is 0 Å². The Morgan fingerprint density at radius 3 is 2.81 bits per heavy atom. The summed E-state index contributed by atoms with van der Waals surface area (Å²) in [5, 5.41) is 25.4. The van der Waals surface area contributed by atoms with Gasteiger partial charge in [-0.15, -0.1) is 0 Å². The Morgan fingerprint density at radius 2 is 2.11 bits per heavy atom. The van der Waals surface area contributed by atoms with E-state index in [2.05, 4.69) is 42.4 Å². The van der Waals surface area contributed by atoms with E-state index in [4.69, 9.17) is 14.2 Å². The van der Waals surface area contributed by atoms with Crippen LogP contribution in [0.3, 0.4) is 0 Å². The number of hydrogen-bond donors (Lipinski definition) is 2. The second-order valence-electron chi connectivity index (χ2n) is 10.5. The van der Waals surface area contributed by atoms with Crippen LogP contribution < -0.4 is 10.4 Å². The fourth-order valence-corrected chi connectivity index (χ4v) is 5.07. The van der Waals surface area contributed by atoms with Gasteiger partial charge in [-0.3, -0.25) is 4.99 Å². The smallest absolute Gasteiger partial charge is 0.166 e. The minimum Gasteiger partial charge on any atom is -0.858 e. The molecule has 200 valence electrons. The Balaban J connectivity index is 1.56. The maximum absolute atomic E-state index is 12.7. The molecule has 0 aliphatic carbocycles. The first-order valence-electron chi connectivity index (χ1n) is 13.0. The van der Waals surface area contributed by atoms with E-state index in [9.17, 15) is 10.2 Å². The first-order valence-corrected chi connectivity index (χ1v) is 13.0. The molecule has 7 nitrogen and oxygen atoms in total. The Hall–Kier alpha value is -2.19. The molecule has 2 saturated heterocycles. The van der Waals surface area contributed by atoms with E-state index in [1.807, 2.05) is 39.1 Å². The van der Waals surface area contributed by atoms with Crippen LogP contribution >= 0.6 is 0 Å². The minimum atomic E-state index is -0.668. The first-order chi connectivity index (χ1) is 17.2. The maximum atomic E-state index is 12.7. The number of aliphatic imine (C=N–C) groups is 1. The highest BCUT2D eigenvalue weighted by Gasteiger charge is 2.37. The molecule has 2 aliphatic heterocycles. The van der Waals surface area contributed by atoms with Gasteiger partial charge in [-0.05, 0) is 75.5 Å². The quantitative estimate of drug-likeness (QED) is 0.302. The largest absolute Gasteiger partial charge is 0.858 e. The summed E-state index contributed by atoms with van der Waals surface area (Å²) >= 11 is 0. The fourth-order valence-electron chi connectivity index (χ4n) is 5.07. The maximum Gasteiger partial charge on any atom is 0.166 e. The molecule has 0 radical (unpaired) electrons. The lowest BCUT2D eigenvalue weighted by Crippen LogP contribution is -2.43. The molecule has 1 aromatic carbocycles. The highest BCUT2D eigenvalue weighted by Crippen LogP contribution is 2.34. The highest BCUT2D eigenvalue weighted by molar-refractivity contribution is 5.91. The molecule has 36 heavy (non-hydrogen) atoms. The van der Waals surface area contributed by atoms with Crippen LogP contribution in [0.15, 0.2) is 53.1 Å². The summed E-state index contributed by atoms with van der Waals surface area (Å²) in [6.07, 6.45) is 9.28. The van der Waals surface area contributed by atoms with Crippen molar-refractivity contribution in [3.05, 3.63) is 53.6 Å². The van der Waals surface area contributed by atoms with E-state index in [1.165, 1.54) is 0 Å². The molecule has 0 amide bonds. The summed E-state index contributed by atoms with van der Waals surface area (Å²) in [6.45, 7) is 8.31. The van der Waals surface area contributed by atoms with Crippen LogP contribution in [0.1, 0.15) is 58.9 Å². The van der Waals surface area contributed by atoms with Gasteiger partial charge in [0.25, 0.3) is 0 Å². The van der Waals surface area contributed by atoms with E-state index in [0.29, 0.717) is 12.0 Å². The molecule has 7 heteroatoms. The molecule has 2 aliphatic rings. The molecular weight excluding hydrogens is 456 g/mol. The van der Waals surface area contributed by atoms with Crippen molar-refractivity contribution in [2.75, 3.05) is 26.1 Å². The van der Waals surface area contributed by atoms with Gasteiger partial charge in [-0.25, -0.2) is 0 Å². The molecule has 7 atom stereocenters. The number of aliphatic hydroxyl groups excluding tert-OH is 1. The number of nitrogens with one attached hydrogen (secondary N) is 1. The van der Waals surface area contributed by atoms with Crippen molar-refractivity contribution in [2.24, 2.45) is 16.8 Å². The SMILES string of the molecule is CNc1cccc(C([O-])=N[C@@H]2C[C@H](C)[C@H](C/C=C(C)/C=C/[C@@H]3CC(CO)C[C@](C)(OC)O3)O[C@@H]2C)c1. The second-order valence-corrected chi connectivity index (χ2v) is 10.5. The molecule has 0 spiro atoms. The van der Waals surface area contributed by atoms with Gasteiger partial charge in [0.05, 0.1) is 24.4 Å². The molecule has 0 saturated carbocycles. The average Bonchev–Trinajstić information content (AvgIpc) is 2.88. The summed E-state index contributed by atoms with van der Waals surface area (Å²) in [5.74, 6) is -0.415. The van der Waals surface area contributed by atoms with Crippen LogP contribution in [0.4, 0.5) is 5.69 Å². The van der Waals surface area contributed by atoms with Crippen LogP contribution in [0.2, 0.25) is 0 Å². The van der Waals surface area contributed by atoms with E-state index in [0.717, 1.165) is 30.5 Å².